The van der Waals surface area contributed by atoms with E-state index < -0.39 is 0 Å². The Balaban J connectivity index is 1.42. The third-order valence-electron chi connectivity index (χ3n) is 5.33. The Morgan fingerprint density at radius 2 is 1.87 bits per heavy atom. The molecule has 8 nitrogen and oxygen atoms in total. The van der Waals surface area contributed by atoms with E-state index in [4.69, 9.17) is 9.52 Å². The van der Waals surface area contributed by atoms with Crippen LogP contribution in [0.5, 0.6) is 0 Å². The summed E-state index contributed by atoms with van der Waals surface area (Å²) < 4.78 is 5.45. The molecule has 3 heterocycles. The molecule has 8 heteroatoms. The Hall–Kier alpha value is -3.23. The van der Waals surface area contributed by atoms with Gasteiger partial charge in [-0.25, -0.2) is 4.98 Å². The summed E-state index contributed by atoms with van der Waals surface area (Å²) >= 11 is 0. The molecular weight excluding hydrogens is 394 g/mol. The van der Waals surface area contributed by atoms with Crippen LogP contribution >= 0.6 is 0 Å². The lowest BCUT2D eigenvalue weighted by Crippen LogP contribution is -2.37. The molecule has 1 aromatic carbocycles. The average molecular weight is 422 g/mol. The Bertz CT molecular complexity index is 986. The standard InChI is InChI=1S/C23H27N5O3/c29-16-19-9-8-18(31-19)12-25-22-14-24-13-20(26-22)23(30)27-21(15-28-10-4-5-11-28)17-6-2-1-3-7-17/h1-3,6-9,13-14,21,29H,4-5,10-12,15-16H2,(H,25,26)(H,27,30). The molecule has 4 rings (SSSR count). The van der Waals surface area contributed by atoms with E-state index in [0.717, 1.165) is 25.2 Å². The summed E-state index contributed by atoms with van der Waals surface area (Å²) in [7, 11) is 0. The second-order valence-electron chi connectivity index (χ2n) is 7.61. The largest absolute Gasteiger partial charge is 0.462 e. The maximum atomic E-state index is 13.0. The highest BCUT2D eigenvalue weighted by molar-refractivity contribution is 5.92. The van der Waals surface area contributed by atoms with Gasteiger partial charge in [0, 0.05) is 6.54 Å². The Kier molecular flexibility index (Phi) is 6.91. The molecule has 31 heavy (non-hydrogen) atoms. The molecule has 2 aromatic heterocycles. The van der Waals surface area contributed by atoms with Crippen LogP contribution in [-0.4, -0.2) is 45.5 Å². The van der Waals surface area contributed by atoms with E-state index >= 15 is 0 Å². The Morgan fingerprint density at radius 1 is 1.10 bits per heavy atom. The highest BCUT2D eigenvalue weighted by Crippen LogP contribution is 2.18. The zero-order chi connectivity index (χ0) is 21.5. The second-order valence-corrected chi connectivity index (χ2v) is 7.61. The zero-order valence-electron chi connectivity index (χ0n) is 17.3. The number of rotatable bonds is 9. The van der Waals surface area contributed by atoms with E-state index in [1.165, 1.54) is 19.0 Å². The number of carbonyl (C=O) groups excluding carboxylic acids is 1. The van der Waals surface area contributed by atoms with Gasteiger partial charge in [-0.05, 0) is 43.6 Å². The molecule has 1 fully saturated rings. The first-order valence-electron chi connectivity index (χ1n) is 10.5. The van der Waals surface area contributed by atoms with Gasteiger partial charge >= 0.3 is 0 Å². The highest BCUT2D eigenvalue weighted by Gasteiger charge is 2.22. The molecule has 0 aliphatic carbocycles. The monoisotopic (exact) mass is 421 g/mol. The molecule has 3 aromatic rings. The lowest BCUT2D eigenvalue weighted by Gasteiger charge is -2.24. The van der Waals surface area contributed by atoms with Crippen LogP contribution in [0.15, 0.2) is 59.3 Å². The Labute approximate surface area is 181 Å². The minimum Gasteiger partial charge on any atom is -0.462 e. The van der Waals surface area contributed by atoms with Gasteiger partial charge in [-0.1, -0.05) is 30.3 Å². The minimum absolute atomic E-state index is 0.120. The van der Waals surface area contributed by atoms with Crippen molar-refractivity contribution in [3.8, 4) is 0 Å². The first-order chi connectivity index (χ1) is 15.2. The van der Waals surface area contributed by atoms with Gasteiger partial charge in [0.2, 0.25) is 0 Å². The minimum atomic E-state index is -0.259. The number of aliphatic hydroxyl groups is 1. The third kappa shape index (κ3) is 5.68. The van der Waals surface area contributed by atoms with Crippen LogP contribution in [0, 0.1) is 0 Å². The summed E-state index contributed by atoms with van der Waals surface area (Å²) in [6.45, 7) is 3.12. The van der Waals surface area contributed by atoms with Crippen molar-refractivity contribution in [2.24, 2.45) is 0 Å². The van der Waals surface area contributed by atoms with Crippen LogP contribution < -0.4 is 10.6 Å². The van der Waals surface area contributed by atoms with Gasteiger partial charge in [0.25, 0.3) is 5.91 Å². The molecule has 1 atom stereocenters. The fourth-order valence-electron chi connectivity index (χ4n) is 3.72. The summed E-state index contributed by atoms with van der Waals surface area (Å²) in [5, 5.41) is 15.3. The summed E-state index contributed by atoms with van der Waals surface area (Å²) in [6, 6.07) is 13.4. The normalized spacial score (nSPS) is 15.0. The van der Waals surface area contributed by atoms with Gasteiger partial charge in [0.05, 0.1) is 25.0 Å². The van der Waals surface area contributed by atoms with Crippen molar-refractivity contribution in [1.29, 1.82) is 0 Å². The fourth-order valence-corrected chi connectivity index (χ4v) is 3.72. The maximum Gasteiger partial charge on any atom is 0.272 e. The van der Waals surface area contributed by atoms with E-state index in [1.807, 2.05) is 30.3 Å². The second kappa shape index (κ2) is 10.2. The van der Waals surface area contributed by atoms with Gasteiger partial charge in [-0.2, -0.15) is 0 Å². The van der Waals surface area contributed by atoms with Crippen LogP contribution in [0.1, 0.15) is 46.5 Å². The number of nitrogens with zero attached hydrogens (tertiary/aromatic N) is 3. The maximum absolute atomic E-state index is 13.0. The molecule has 0 spiro atoms. The lowest BCUT2D eigenvalue weighted by molar-refractivity contribution is 0.0922. The molecule has 3 N–H and O–H groups in total. The topological polar surface area (TPSA) is 104 Å². The van der Waals surface area contributed by atoms with Gasteiger partial charge < -0.3 is 25.1 Å². The molecule has 1 aliphatic rings. The molecule has 1 unspecified atom stereocenters. The number of furan rings is 1. The quantitative estimate of drug-likeness (QED) is 0.488. The number of anilines is 1. The van der Waals surface area contributed by atoms with E-state index in [0.29, 0.717) is 23.9 Å². The van der Waals surface area contributed by atoms with Gasteiger partial charge in [-0.15, -0.1) is 0 Å². The number of carbonyl (C=O) groups is 1. The summed E-state index contributed by atoms with van der Waals surface area (Å²) in [5.41, 5.74) is 1.32. The molecule has 162 valence electrons. The molecule has 1 saturated heterocycles. The van der Waals surface area contributed by atoms with E-state index in [-0.39, 0.29) is 24.2 Å². The fraction of sp³-hybridized carbons (Fsp3) is 0.348. The van der Waals surface area contributed by atoms with Crippen molar-refractivity contribution in [2.75, 3.05) is 25.0 Å². The number of aromatic nitrogens is 2. The molecule has 1 amide bonds. The average Bonchev–Trinajstić information content (AvgIpc) is 3.50. The first kappa shape index (κ1) is 21.0. The molecule has 0 bridgehead atoms. The third-order valence-corrected chi connectivity index (χ3v) is 5.33. The van der Waals surface area contributed by atoms with Crippen LogP contribution in [0.25, 0.3) is 0 Å². The van der Waals surface area contributed by atoms with Crippen molar-refractivity contribution in [2.45, 2.75) is 32.0 Å². The van der Waals surface area contributed by atoms with Crippen molar-refractivity contribution >= 4 is 11.7 Å². The zero-order valence-corrected chi connectivity index (χ0v) is 17.3. The van der Waals surface area contributed by atoms with Crippen LogP contribution in [0.3, 0.4) is 0 Å². The molecule has 0 saturated carbocycles. The number of aliphatic hydroxyl groups excluding tert-OH is 1. The van der Waals surface area contributed by atoms with Crippen molar-refractivity contribution in [3.63, 3.8) is 0 Å². The van der Waals surface area contributed by atoms with E-state index in [2.05, 4.69) is 25.5 Å². The number of amides is 1. The van der Waals surface area contributed by atoms with E-state index in [1.54, 1.807) is 18.3 Å². The highest BCUT2D eigenvalue weighted by atomic mass is 16.4. The number of benzene rings is 1. The summed E-state index contributed by atoms with van der Waals surface area (Å²) in [4.78, 5) is 23.9. The van der Waals surface area contributed by atoms with Crippen molar-refractivity contribution < 1.29 is 14.3 Å². The number of hydrogen-bond donors (Lipinski definition) is 3. The SMILES string of the molecule is O=C(NC(CN1CCCC1)c1ccccc1)c1cncc(NCc2ccc(CO)o2)n1. The smallest absolute Gasteiger partial charge is 0.272 e. The van der Waals surface area contributed by atoms with Gasteiger partial charge in [0.15, 0.2) is 0 Å². The molecule has 0 radical (unpaired) electrons. The number of nitrogens with one attached hydrogen (secondary N) is 2. The summed E-state index contributed by atoms with van der Waals surface area (Å²) in [6.07, 6.45) is 5.43. The predicted octanol–water partition coefficient (Wildman–Crippen LogP) is 2.74. The van der Waals surface area contributed by atoms with E-state index in [9.17, 15) is 4.79 Å². The van der Waals surface area contributed by atoms with Crippen LogP contribution in [-0.2, 0) is 13.2 Å². The molecular formula is C23H27N5O3. The first-order valence-corrected chi connectivity index (χ1v) is 10.5. The summed E-state index contributed by atoms with van der Waals surface area (Å²) in [5.74, 6) is 1.38. The van der Waals surface area contributed by atoms with Crippen LogP contribution in [0.4, 0.5) is 5.82 Å². The van der Waals surface area contributed by atoms with Gasteiger partial charge in [0.1, 0.15) is 29.6 Å². The van der Waals surface area contributed by atoms with Crippen LogP contribution in [0.2, 0.25) is 0 Å². The Morgan fingerprint density at radius 3 is 2.61 bits per heavy atom. The van der Waals surface area contributed by atoms with Crippen molar-refractivity contribution in [3.05, 3.63) is 77.6 Å². The van der Waals surface area contributed by atoms with Crippen molar-refractivity contribution in [1.82, 2.24) is 20.2 Å². The molecule has 1 aliphatic heterocycles. The predicted molar refractivity (Wildman–Crippen MR) is 116 cm³/mol. The number of hydrogen-bond acceptors (Lipinski definition) is 7. The van der Waals surface area contributed by atoms with Gasteiger partial charge in [-0.3, -0.25) is 9.78 Å². The lowest BCUT2D eigenvalue weighted by atomic mass is 10.1. The number of likely N-dealkylation sites (tertiary alicyclic amines) is 1.